The predicted molar refractivity (Wildman–Crippen MR) is 53.6 cm³/mol. The summed E-state index contributed by atoms with van der Waals surface area (Å²) in [6.45, 7) is -0.00336. The van der Waals surface area contributed by atoms with E-state index in [0.717, 1.165) is 6.07 Å². The number of halogens is 2. The molecule has 0 radical (unpaired) electrons. The van der Waals surface area contributed by atoms with Crippen LogP contribution in [0, 0.1) is 11.6 Å². The van der Waals surface area contributed by atoms with Gasteiger partial charge in [-0.3, -0.25) is 0 Å². The molecule has 0 bridgehead atoms. The minimum atomic E-state index is -0.735. The molecule has 1 N–H and O–H groups in total. The fraction of sp³-hybridized carbons (Fsp3) is 0.273. The monoisotopic (exact) mass is 214 g/mol. The Balaban J connectivity index is 3.03. The normalized spacial score (nSPS) is 10.9. The van der Waals surface area contributed by atoms with Gasteiger partial charge in [-0.15, -0.1) is 0 Å². The van der Waals surface area contributed by atoms with Gasteiger partial charge in [0.2, 0.25) is 0 Å². The van der Waals surface area contributed by atoms with Crippen molar-refractivity contribution in [2.45, 2.75) is 6.42 Å². The van der Waals surface area contributed by atoms with Gasteiger partial charge in [0.15, 0.2) is 11.6 Å². The number of hydrogen-bond acceptors (Lipinski definition) is 2. The summed E-state index contributed by atoms with van der Waals surface area (Å²) in [5.74, 6) is -1.39. The summed E-state index contributed by atoms with van der Waals surface area (Å²) in [6, 6.07) is 1.94. The Morgan fingerprint density at radius 1 is 1.40 bits per heavy atom. The molecule has 0 aromatic heterocycles. The van der Waals surface area contributed by atoms with Gasteiger partial charge in [0.05, 0.1) is 7.11 Å². The summed E-state index contributed by atoms with van der Waals surface area (Å²) in [5, 5.41) is 8.55. The van der Waals surface area contributed by atoms with E-state index in [9.17, 15) is 8.78 Å². The predicted octanol–water partition coefficient (Wildman–Crippen LogP) is 2.37. The van der Waals surface area contributed by atoms with Crippen LogP contribution in [0.4, 0.5) is 8.78 Å². The average Bonchev–Trinajstić information content (AvgIpc) is 2.17. The average molecular weight is 214 g/mol. The van der Waals surface area contributed by atoms with E-state index in [0.29, 0.717) is 12.0 Å². The molecule has 0 atom stereocenters. The van der Waals surface area contributed by atoms with Gasteiger partial charge < -0.3 is 9.84 Å². The lowest BCUT2D eigenvalue weighted by molar-refractivity contribution is 0.303. The lowest BCUT2D eigenvalue weighted by Crippen LogP contribution is -1.93. The topological polar surface area (TPSA) is 29.5 Å². The molecule has 1 aromatic rings. The van der Waals surface area contributed by atoms with E-state index >= 15 is 0 Å². The molecule has 2 nitrogen and oxygen atoms in total. The van der Waals surface area contributed by atoms with Gasteiger partial charge in [-0.2, -0.15) is 0 Å². The Labute approximate surface area is 86.8 Å². The number of rotatable bonds is 4. The van der Waals surface area contributed by atoms with E-state index in [4.69, 9.17) is 9.84 Å². The van der Waals surface area contributed by atoms with Crippen molar-refractivity contribution >= 4 is 6.08 Å². The smallest absolute Gasteiger partial charge is 0.168 e. The van der Waals surface area contributed by atoms with Gasteiger partial charge in [-0.25, -0.2) is 8.78 Å². The van der Waals surface area contributed by atoms with Gasteiger partial charge in [0, 0.05) is 18.2 Å². The van der Waals surface area contributed by atoms with Crippen LogP contribution in [0.2, 0.25) is 0 Å². The number of aliphatic hydroxyl groups is 1. The molecule has 0 aliphatic rings. The van der Waals surface area contributed by atoms with Crippen LogP contribution in [0.5, 0.6) is 5.75 Å². The molecule has 0 amide bonds. The summed E-state index contributed by atoms with van der Waals surface area (Å²) in [6.07, 6.45) is 3.57. The lowest BCUT2D eigenvalue weighted by atomic mass is 10.1. The summed E-state index contributed by atoms with van der Waals surface area (Å²) in [4.78, 5) is 0. The fourth-order valence-electron chi connectivity index (χ4n) is 1.20. The molecule has 0 heterocycles. The first-order valence-electron chi connectivity index (χ1n) is 4.49. The molecular weight excluding hydrogens is 202 g/mol. The first-order chi connectivity index (χ1) is 7.19. The number of ether oxygens (including phenoxy) is 1. The summed E-state index contributed by atoms with van der Waals surface area (Å²) >= 11 is 0. The van der Waals surface area contributed by atoms with Crippen molar-refractivity contribution in [3.8, 4) is 5.75 Å². The molecule has 0 saturated heterocycles. The maximum absolute atomic E-state index is 13.2. The quantitative estimate of drug-likeness (QED) is 0.833. The molecule has 82 valence electrons. The molecule has 15 heavy (non-hydrogen) atoms. The summed E-state index contributed by atoms with van der Waals surface area (Å²) < 4.78 is 30.9. The number of hydrogen-bond donors (Lipinski definition) is 1. The molecule has 1 rings (SSSR count). The van der Waals surface area contributed by atoms with Gasteiger partial charge >= 0.3 is 0 Å². The van der Waals surface area contributed by atoms with Crippen LogP contribution >= 0.6 is 0 Å². The Hall–Kier alpha value is -1.42. The van der Waals surface area contributed by atoms with Crippen molar-refractivity contribution in [3.05, 3.63) is 35.4 Å². The highest BCUT2D eigenvalue weighted by Gasteiger charge is 2.09. The minimum Gasteiger partial charge on any atom is -0.493 e. The standard InChI is InChI=1S/C11H12F2O2/c1-15-11-8(4-2-3-5-14)6-9(12)7-10(11)13/h2,4,6-7,14H,3,5H2,1H3. The molecule has 0 fully saturated rings. The first kappa shape index (κ1) is 11.7. The van der Waals surface area contributed by atoms with Gasteiger partial charge in [0.25, 0.3) is 0 Å². The van der Waals surface area contributed by atoms with E-state index in [-0.39, 0.29) is 12.4 Å². The largest absolute Gasteiger partial charge is 0.493 e. The zero-order valence-electron chi connectivity index (χ0n) is 8.34. The molecule has 4 heteroatoms. The van der Waals surface area contributed by atoms with E-state index in [2.05, 4.69) is 0 Å². The third-order valence-electron chi connectivity index (χ3n) is 1.83. The van der Waals surface area contributed by atoms with Crippen molar-refractivity contribution in [1.29, 1.82) is 0 Å². The SMILES string of the molecule is COc1c(F)cc(F)cc1C=CCCO. The third kappa shape index (κ3) is 3.02. The molecule has 0 saturated carbocycles. The first-order valence-corrected chi connectivity index (χ1v) is 4.49. The molecule has 0 aliphatic carbocycles. The minimum absolute atomic E-state index is 0.00336. The molecular formula is C11H12F2O2. The van der Waals surface area contributed by atoms with Crippen molar-refractivity contribution in [3.63, 3.8) is 0 Å². The second-order valence-corrected chi connectivity index (χ2v) is 2.92. The lowest BCUT2D eigenvalue weighted by Gasteiger charge is -2.06. The van der Waals surface area contributed by atoms with Gasteiger partial charge in [-0.05, 0) is 12.5 Å². The highest BCUT2D eigenvalue weighted by molar-refractivity contribution is 5.57. The van der Waals surface area contributed by atoms with Crippen LogP contribution in [0.1, 0.15) is 12.0 Å². The molecule has 0 spiro atoms. The van der Waals surface area contributed by atoms with E-state index in [1.54, 1.807) is 6.08 Å². The van der Waals surface area contributed by atoms with E-state index in [1.807, 2.05) is 0 Å². The molecule has 1 aromatic carbocycles. The van der Waals surface area contributed by atoms with Crippen LogP contribution in [-0.2, 0) is 0 Å². The van der Waals surface area contributed by atoms with Crippen LogP contribution in [0.25, 0.3) is 6.08 Å². The number of aliphatic hydroxyl groups excluding tert-OH is 1. The zero-order chi connectivity index (χ0) is 11.3. The maximum atomic E-state index is 13.2. The van der Waals surface area contributed by atoms with Crippen LogP contribution in [-0.4, -0.2) is 18.8 Å². The van der Waals surface area contributed by atoms with Crippen molar-refractivity contribution in [1.82, 2.24) is 0 Å². The van der Waals surface area contributed by atoms with E-state index in [1.165, 1.54) is 19.3 Å². The summed E-state index contributed by atoms with van der Waals surface area (Å²) in [7, 11) is 1.32. The van der Waals surface area contributed by atoms with Gasteiger partial charge in [-0.1, -0.05) is 12.2 Å². The van der Waals surface area contributed by atoms with Crippen molar-refractivity contribution in [2.24, 2.45) is 0 Å². The van der Waals surface area contributed by atoms with Crippen molar-refractivity contribution < 1.29 is 18.6 Å². The Morgan fingerprint density at radius 2 is 2.13 bits per heavy atom. The zero-order valence-corrected chi connectivity index (χ0v) is 8.34. The fourth-order valence-corrected chi connectivity index (χ4v) is 1.20. The molecule has 0 unspecified atom stereocenters. The summed E-state index contributed by atoms with van der Waals surface area (Å²) in [5.41, 5.74) is 0.323. The Kier molecular flexibility index (Phi) is 4.24. The van der Waals surface area contributed by atoms with Crippen molar-refractivity contribution in [2.75, 3.05) is 13.7 Å². The Bertz CT molecular complexity index is 362. The Morgan fingerprint density at radius 3 is 2.73 bits per heavy atom. The highest BCUT2D eigenvalue weighted by atomic mass is 19.1. The second-order valence-electron chi connectivity index (χ2n) is 2.92. The van der Waals surface area contributed by atoms with Crippen LogP contribution in [0.3, 0.4) is 0 Å². The number of benzene rings is 1. The maximum Gasteiger partial charge on any atom is 0.168 e. The van der Waals surface area contributed by atoms with Crippen LogP contribution in [0.15, 0.2) is 18.2 Å². The molecule has 0 aliphatic heterocycles. The highest BCUT2D eigenvalue weighted by Crippen LogP contribution is 2.25. The number of methoxy groups -OCH3 is 1. The van der Waals surface area contributed by atoms with Crippen LogP contribution < -0.4 is 4.74 Å². The van der Waals surface area contributed by atoms with Gasteiger partial charge in [0.1, 0.15) is 5.82 Å². The second kappa shape index (κ2) is 5.46. The third-order valence-corrected chi connectivity index (χ3v) is 1.83. The van der Waals surface area contributed by atoms with E-state index < -0.39 is 11.6 Å².